The Hall–Kier alpha value is -1.43. The van der Waals surface area contributed by atoms with E-state index in [0.29, 0.717) is 13.0 Å². The minimum Gasteiger partial charge on any atom is -0.480 e. The third-order valence-corrected chi connectivity index (χ3v) is 2.70. The molecule has 2 atom stereocenters. The summed E-state index contributed by atoms with van der Waals surface area (Å²) < 4.78 is 10.4. The zero-order valence-electron chi connectivity index (χ0n) is 10.6. The number of methoxy groups -OCH3 is 2. The molecule has 0 aliphatic heterocycles. The van der Waals surface area contributed by atoms with E-state index in [0.717, 1.165) is 11.1 Å². The number of carbonyl (C=O) groups is 1. The lowest BCUT2D eigenvalue weighted by atomic mass is 10.0. The summed E-state index contributed by atoms with van der Waals surface area (Å²) in [5.74, 6) is -0.999. The van der Waals surface area contributed by atoms with Crippen molar-refractivity contribution >= 4 is 5.97 Å². The van der Waals surface area contributed by atoms with E-state index in [1.54, 1.807) is 14.2 Å². The first-order chi connectivity index (χ1) is 8.58. The average molecular weight is 253 g/mol. The van der Waals surface area contributed by atoms with Crippen LogP contribution >= 0.6 is 0 Å². The van der Waals surface area contributed by atoms with E-state index in [9.17, 15) is 4.79 Å². The van der Waals surface area contributed by atoms with Crippen molar-refractivity contribution in [1.82, 2.24) is 0 Å². The Bertz CT molecular complexity index is 394. The summed E-state index contributed by atoms with van der Waals surface area (Å²) >= 11 is 0. The number of hydrogen-bond donors (Lipinski definition) is 2. The highest BCUT2D eigenvalue weighted by Crippen LogP contribution is 2.18. The van der Waals surface area contributed by atoms with Crippen LogP contribution in [0.25, 0.3) is 0 Å². The largest absolute Gasteiger partial charge is 0.480 e. The molecule has 5 heteroatoms. The monoisotopic (exact) mass is 253 g/mol. The molecule has 0 saturated heterocycles. The Morgan fingerprint density at radius 1 is 1.44 bits per heavy atom. The second-order valence-electron chi connectivity index (χ2n) is 4.07. The molecule has 0 radical (unpaired) electrons. The summed E-state index contributed by atoms with van der Waals surface area (Å²) in [6, 6.07) is 6.65. The fourth-order valence-electron chi connectivity index (χ4n) is 1.71. The van der Waals surface area contributed by atoms with Gasteiger partial charge in [-0.25, -0.2) is 0 Å². The molecule has 1 rings (SSSR count). The third-order valence-electron chi connectivity index (χ3n) is 2.70. The number of benzene rings is 1. The van der Waals surface area contributed by atoms with E-state index >= 15 is 0 Å². The lowest BCUT2D eigenvalue weighted by Gasteiger charge is -2.16. The van der Waals surface area contributed by atoms with Crippen LogP contribution in [0.3, 0.4) is 0 Å². The van der Waals surface area contributed by atoms with Crippen LogP contribution in [0.15, 0.2) is 24.3 Å². The van der Waals surface area contributed by atoms with Gasteiger partial charge in [-0.2, -0.15) is 0 Å². The van der Waals surface area contributed by atoms with Gasteiger partial charge in [-0.15, -0.1) is 0 Å². The van der Waals surface area contributed by atoms with Crippen molar-refractivity contribution in [1.29, 1.82) is 0 Å². The van der Waals surface area contributed by atoms with Gasteiger partial charge < -0.3 is 20.3 Å². The second kappa shape index (κ2) is 7.10. The number of ether oxygens (including phenoxy) is 2. The van der Waals surface area contributed by atoms with Gasteiger partial charge in [0.15, 0.2) is 0 Å². The minimum absolute atomic E-state index is 0.156. The normalized spacial score (nSPS) is 14.2. The summed E-state index contributed by atoms with van der Waals surface area (Å²) in [6.45, 7) is 0.449. The van der Waals surface area contributed by atoms with Gasteiger partial charge in [-0.05, 0) is 17.5 Å². The zero-order chi connectivity index (χ0) is 13.5. The molecule has 18 heavy (non-hydrogen) atoms. The molecule has 0 spiro atoms. The SMILES string of the molecule is COCC(OC)c1cccc(CC(N)C(=O)O)c1. The van der Waals surface area contributed by atoms with E-state index in [2.05, 4.69) is 0 Å². The summed E-state index contributed by atoms with van der Waals surface area (Å²) in [5.41, 5.74) is 7.34. The highest BCUT2D eigenvalue weighted by molar-refractivity contribution is 5.73. The number of carboxylic acids is 1. The second-order valence-corrected chi connectivity index (χ2v) is 4.07. The predicted octanol–water partition coefficient (Wildman–Crippen LogP) is 0.975. The van der Waals surface area contributed by atoms with Gasteiger partial charge in [0.2, 0.25) is 0 Å². The van der Waals surface area contributed by atoms with E-state index in [4.69, 9.17) is 20.3 Å². The number of carboxylic acid groups (broad SMARTS) is 1. The van der Waals surface area contributed by atoms with Crippen molar-refractivity contribution in [3.63, 3.8) is 0 Å². The standard InChI is InChI=1S/C13H19NO4/c1-17-8-12(18-2)10-5-3-4-9(6-10)7-11(14)13(15)16/h3-6,11-12H,7-8,14H2,1-2H3,(H,15,16). The topological polar surface area (TPSA) is 81.8 Å². The van der Waals surface area contributed by atoms with Gasteiger partial charge in [-0.3, -0.25) is 4.79 Å². The van der Waals surface area contributed by atoms with Crippen molar-refractivity contribution in [3.05, 3.63) is 35.4 Å². The first kappa shape index (κ1) is 14.6. The van der Waals surface area contributed by atoms with Crippen molar-refractivity contribution < 1.29 is 19.4 Å². The van der Waals surface area contributed by atoms with E-state index < -0.39 is 12.0 Å². The van der Waals surface area contributed by atoms with Crippen molar-refractivity contribution in [3.8, 4) is 0 Å². The van der Waals surface area contributed by atoms with Crippen molar-refractivity contribution in [2.75, 3.05) is 20.8 Å². The van der Waals surface area contributed by atoms with Crippen LogP contribution in [0.2, 0.25) is 0 Å². The third kappa shape index (κ3) is 4.10. The fourth-order valence-corrected chi connectivity index (χ4v) is 1.71. The summed E-state index contributed by atoms with van der Waals surface area (Å²) in [5, 5.41) is 8.78. The Kier molecular flexibility index (Phi) is 5.77. The molecule has 2 unspecified atom stereocenters. The molecular weight excluding hydrogens is 234 g/mol. The van der Waals surface area contributed by atoms with Gasteiger partial charge in [0.05, 0.1) is 6.61 Å². The van der Waals surface area contributed by atoms with Gasteiger partial charge in [-0.1, -0.05) is 24.3 Å². The lowest BCUT2D eigenvalue weighted by molar-refractivity contribution is -0.138. The lowest BCUT2D eigenvalue weighted by Crippen LogP contribution is -2.32. The van der Waals surface area contributed by atoms with Crippen LogP contribution in [0, 0.1) is 0 Å². The molecule has 0 aliphatic rings. The van der Waals surface area contributed by atoms with Crippen LogP contribution in [-0.2, 0) is 20.7 Å². The molecule has 1 aromatic carbocycles. The molecule has 3 N–H and O–H groups in total. The molecule has 100 valence electrons. The average Bonchev–Trinajstić information content (AvgIpc) is 2.36. The molecule has 0 aliphatic carbocycles. The summed E-state index contributed by atoms with van der Waals surface area (Å²) in [6.07, 6.45) is 0.142. The molecule has 0 aromatic heterocycles. The fraction of sp³-hybridized carbons (Fsp3) is 0.462. The highest BCUT2D eigenvalue weighted by Gasteiger charge is 2.14. The van der Waals surface area contributed by atoms with Gasteiger partial charge >= 0.3 is 5.97 Å². The maximum Gasteiger partial charge on any atom is 0.320 e. The minimum atomic E-state index is -0.999. The van der Waals surface area contributed by atoms with Crippen LogP contribution in [0.4, 0.5) is 0 Å². The predicted molar refractivity (Wildman–Crippen MR) is 67.4 cm³/mol. The Labute approximate surface area is 107 Å². The van der Waals surface area contributed by atoms with Crippen molar-refractivity contribution in [2.45, 2.75) is 18.6 Å². The smallest absolute Gasteiger partial charge is 0.320 e. The zero-order valence-corrected chi connectivity index (χ0v) is 10.6. The first-order valence-corrected chi connectivity index (χ1v) is 5.67. The Balaban J connectivity index is 2.81. The van der Waals surface area contributed by atoms with E-state index in [-0.39, 0.29) is 6.10 Å². The quantitative estimate of drug-likeness (QED) is 0.756. The molecule has 0 amide bonds. The maximum absolute atomic E-state index is 10.7. The van der Waals surface area contributed by atoms with Gasteiger partial charge in [0.1, 0.15) is 12.1 Å². The van der Waals surface area contributed by atoms with Gasteiger partial charge in [0, 0.05) is 14.2 Å². The Morgan fingerprint density at radius 2 is 2.17 bits per heavy atom. The van der Waals surface area contributed by atoms with E-state index in [1.807, 2.05) is 24.3 Å². The molecule has 0 bridgehead atoms. The number of rotatable bonds is 7. The first-order valence-electron chi connectivity index (χ1n) is 5.67. The van der Waals surface area contributed by atoms with Crippen LogP contribution in [0.5, 0.6) is 0 Å². The number of nitrogens with two attached hydrogens (primary N) is 1. The molecule has 0 fully saturated rings. The van der Waals surface area contributed by atoms with E-state index in [1.165, 1.54) is 0 Å². The van der Waals surface area contributed by atoms with Crippen LogP contribution < -0.4 is 5.73 Å². The summed E-state index contributed by atoms with van der Waals surface area (Å²) in [7, 11) is 3.22. The van der Waals surface area contributed by atoms with Crippen LogP contribution in [-0.4, -0.2) is 37.9 Å². The molecule has 1 aromatic rings. The molecule has 0 saturated carbocycles. The van der Waals surface area contributed by atoms with Crippen LogP contribution in [0.1, 0.15) is 17.2 Å². The van der Waals surface area contributed by atoms with Gasteiger partial charge in [0.25, 0.3) is 0 Å². The summed E-state index contributed by atoms with van der Waals surface area (Å²) in [4.78, 5) is 10.7. The number of hydrogen-bond acceptors (Lipinski definition) is 4. The number of aliphatic carboxylic acids is 1. The molecule has 0 heterocycles. The maximum atomic E-state index is 10.7. The van der Waals surface area contributed by atoms with Crippen molar-refractivity contribution in [2.24, 2.45) is 5.73 Å². The Morgan fingerprint density at radius 3 is 2.72 bits per heavy atom. The molecular formula is C13H19NO4. The molecule has 5 nitrogen and oxygen atoms in total. The highest BCUT2D eigenvalue weighted by atomic mass is 16.5.